The Labute approximate surface area is 134 Å². The van der Waals surface area contributed by atoms with E-state index in [-0.39, 0.29) is 5.75 Å². The number of nitrogens with zero attached hydrogens (tertiary/aromatic N) is 1. The molecule has 4 nitrogen and oxygen atoms in total. The van der Waals surface area contributed by atoms with Crippen molar-refractivity contribution in [2.24, 2.45) is 0 Å². The van der Waals surface area contributed by atoms with Crippen molar-refractivity contribution in [2.75, 3.05) is 19.3 Å². The second kappa shape index (κ2) is 8.48. The molecule has 7 heteroatoms. The maximum absolute atomic E-state index is 12.1. The van der Waals surface area contributed by atoms with Gasteiger partial charge in [-0.25, -0.2) is 12.7 Å². The molecule has 1 rings (SSSR count). The van der Waals surface area contributed by atoms with E-state index in [4.69, 9.17) is 0 Å². The number of thiophene rings is 1. The first-order chi connectivity index (χ1) is 9.31. The van der Waals surface area contributed by atoms with Crippen LogP contribution in [-0.4, -0.2) is 38.1 Å². The summed E-state index contributed by atoms with van der Waals surface area (Å²) in [6.07, 6.45) is 1.58. The Morgan fingerprint density at radius 1 is 1.40 bits per heavy atom. The van der Waals surface area contributed by atoms with Gasteiger partial charge in [-0.3, -0.25) is 0 Å². The third-order valence-corrected chi connectivity index (χ3v) is 6.32. The van der Waals surface area contributed by atoms with Crippen molar-refractivity contribution in [3.8, 4) is 0 Å². The van der Waals surface area contributed by atoms with Crippen LogP contribution in [0, 0.1) is 0 Å². The molecule has 1 N–H and O–H groups in total. The van der Waals surface area contributed by atoms with Gasteiger partial charge in [-0.1, -0.05) is 13.8 Å². The third kappa shape index (κ3) is 6.67. The summed E-state index contributed by atoms with van der Waals surface area (Å²) in [5.41, 5.74) is 1.02. The molecule has 0 atom stereocenters. The molecule has 0 aliphatic rings. The molecule has 0 amide bonds. The lowest BCUT2D eigenvalue weighted by Gasteiger charge is -2.16. The van der Waals surface area contributed by atoms with Crippen molar-refractivity contribution in [3.63, 3.8) is 0 Å². The van der Waals surface area contributed by atoms with Crippen molar-refractivity contribution < 1.29 is 8.42 Å². The van der Waals surface area contributed by atoms with Gasteiger partial charge >= 0.3 is 0 Å². The summed E-state index contributed by atoms with van der Waals surface area (Å²) in [5.74, 6) is 0.217. The van der Waals surface area contributed by atoms with Gasteiger partial charge in [0.05, 0.1) is 9.54 Å². The van der Waals surface area contributed by atoms with Crippen molar-refractivity contribution >= 4 is 37.3 Å². The van der Waals surface area contributed by atoms with E-state index in [0.717, 1.165) is 22.3 Å². The molecule has 116 valence electrons. The molecule has 0 saturated carbocycles. The summed E-state index contributed by atoms with van der Waals surface area (Å²) < 4.78 is 26.7. The van der Waals surface area contributed by atoms with Crippen molar-refractivity contribution in [1.82, 2.24) is 9.62 Å². The van der Waals surface area contributed by atoms with E-state index in [1.807, 2.05) is 11.4 Å². The van der Waals surface area contributed by atoms with E-state index < -0.39 is 10.0 Å². The van der Waals surface area contributed by atoms with E-state index in [9.17, 15) is 8.42 Å². The molecule has 1 aromatic heterocycles. The number of sulfonamides is 1. The van der Waals surface area contributed by atoms with E-state index in [2.05, 4.69) is 35.1 Å². The Morgan fingerprint density at radius 2 is 2.10 bits per heavy atom. The summed E-state index contributed by atoms with van der Waals surface area (Å²) >= 11 is 4.96. The zero-order valence-corrected chi connectivity index (χ0v) is 15.4. The van der Waals surface area contributed by atoms with Crippen LogP contribution >= 0.6 is 27.3 Å². The predicted octanol–water partition coefficient (Wildman–Crippen LogP) is 3.05. The van der Waals surface area contributed by atoms with Gasteiger partial charge in [-0.2, -0.15) is 0 Å². The summed E-state index contributed by atoms with van der Waals surface area (Å²) in [6, 6.07) is 2.41. The minimum atomic E-state index is -3.16. The van der Waals surface area contributed by atoms with Crippen LogP contribution in [0.2, 0.25) is 0 Å². The lowest BCUT2D eigenvalue weighted by atomic mass is 10.3. The Bertz CT molecular complexity index is 500. The van der Waals surface area contributed by atoms with Gasteiger partial charge in [0.15, 0.2) is 0 Å². The summed E-state index contributed by atoms with van der Waals surface area (Å²) in [5, 5.41) is 5.27. The van der Waals surface area contributed by atoms with E-state index in [1.165, 1.54) is 4.31 Å². The number of unbranched alkanes of at least 4 members (excludes halogenated alkanes) is 1. The Kier molecular flexibility index (Phi) is 7.68. The second-order valence-electron chi connectivity index (χ2n) is 5.15. The average Bonchev–Trinajstić information content (AvgIpc) is 2.73. The van der Waals surface area contributed by atoms with Gasteiger partial charge in [0.1, 0.15) is 0 Å². The average molecular weight is 383 g/mol. The molecular formula is C13H23BrN2O2S2. The number of hydrogen-bond acceptors (Lipinski definition) is 4. The molecule has 0 aliphatic heterocycles. The quantitative estimate of drug-likeness (QED) is 0.667. The van der Waals surface area contributed by atoms with Crippen LogP contribution < -0.4 is 5.32 Å². The summed E-state index contributed by atoms with van der Waals surface area (Å²) in [6.45, 7) is 5.48. The maximum atomic E-state index is 12.1. The molecule has 0 fully saturated rings. The molecule has 0 radical (unpaired) electrons. The van der Waals surface area contributed by atoms with Crippen molar-refractivity contribution in [1.29, 1.82) is 0 Å². The van der Waals surface area contributed by atoms with Gasteiger partial charge in [-0.15, -0.1) is 11.3 Å². The molecule has 0 aromatic carbocycles. The zero-order valence-electron chi connectivity index (χ0n) is 12.2. The smallest absolute Gasteiger partial charge is 0.214 e. The van der Waals surface area contributed by atoms with Gasteiger partial charge in [-0.05, 0) is 52.3 Å². The fourth-order valence-corrected chi connectivity index (χ4v) is 4.17. The minimum absolute atomic E-state index is 0.217. The first-order valence-electron chi connectivity index (χ1n) is 6.71. The van der Waals surface area contributed by atoms with E-state index >= 15 is 0 Å². The summed E-state index contributed by atoms with van der Waals surface area (Å²) in [7, 11) is -1.51. The topological polar surface area (TPSA) is 49.4 Å². The largest absolute Gasteiger partial charge is 0.315 e. The molecule has 0 spiro atoms. The van der Waals surface area contributed by atoms with Gasteiger partial charge in [0.25, 0.3) is 0 Å². The van der Waals surface area contributed by atoms with Gasteiger partial charge in [0, 0.05) is 19.6 Å². The predicted molar refractivity (Wildman–Crippen MR) is 89.6 cm³/mol. The van der Waals surface area contributed by atoms with Crippen molar-refractivity contribution in [3.05, 3.63) is 20.8 Å². The number of rotatable bonds is 9. The van der Waals surface area contributed by atoms with Crippen LogP contribution in [0.4, 0.5) is 0 Å². The lowest BCUT2D eigenvalue weighted by Crippen LogP contribution is -2.29. The number of nitrogens with one attached hydrogen (secondary N) is 1. The van der Waals surface area contributed by atoms with Gasteiger partial charge in [0.2, 0.25) is 10.0 Å². The van der Waals surface area contributed by atoms with Crippen LogP contribution in [0.3, 0.4) is 0 Å². The normalized spacial score (nSPS) is 12.5. The fraction of sp³-hybridized carbons (Fsp3) is 0.692. The van der Waals surface area contributed by atoms with E-state index in [1.54, 1.807) is 18.4 Å². The monoisotopic (exact) mass is 382 g/mol. The lowest BCUT2D eigenvalue weighted by molar-refractivity contribution is 0.464. The molecule has 20 heavy (non-hydrogen) atoms. The fourth-order valence-electron chi connectivity index (χ4n) is 1.74. The standard InChI is InChI=1S/C13H23BrN2O2S2/c1-11(2)15-6-4-5-7-20(17,18)16(3)9-12-8-13(14)19-10-12/h8,10-11,15H,4-7,9H2,1-3H3. The summed E-state index contributed by atoms with van der Waals surface area (Å²) in [4.78, 5) is 0. The third-order valence-electron chi connectivity index (χ3n) is 2.88. The van der Waals surface area contributed by atoms with Crippen LogP contribution in [-0.2, 0) is 16.6 Å². The Morgan fingerprint density at radius 3 is 2.65 bits per heavy atom. The maximum Gasteiger partial charge on any atom is 0.214 e. The van der Waals surface area contributed by atoms with Crippen LogP contribution in [0.15, 0.2) is 15.2 Å². The molecule has 0 unspecified atom stereocenters. The first kappa shape index (κ1) is 18.1. The molecule has 0 bridgehead atoms. The van der Waals surface area contributed by atoms with E-state index in [0.29, 0.717) is 19.0 Å². The Hall–Kier alpha value is 0.0500. The Balaban J connectivity index is 2.35. The molecular weight excluding hydrogens is 360 g/mol. The first-order valence-corrected chi connectivity index (χ1v) is 10.00. The van der Waals surface area contributed by atoms with Gasteiger partial charge < -0.3 is 5.32 Å². The molecule has 0 aliphatic carbocycles. The van der Waals surface area contributed by atoms with Crippen LogP contribution in [0.25, 0.3) is 0 Å². The van der Waals surface area contributed by atoms with Crippen LogP contribution in [0.5, 0.6) is 0 Å². The highest BCUT2D eigenvalue weighted by molar-refractivity contribution is 9.11. The highest BCUT2D eigenvalue weighted by Gasteiger charge is 2.17. The number of hydrogen-bond donors (Lipinski definition) is 1. The second-order valence-corrected chi connectivity index (χ2v) is 9.63. The molecule has 1 heterocycles. The SMILES string of the molecule is CC(C)NCCCCS(=O)(=O)N(C)Cc1csc(Br)c1. The highest BCUT2D eigenvalue weighted by atomic mass is 79.9. The molecule has 1 aromatic rings. The zero-order chi connectivity index (χ0) is 15.2. The highest BCUT2D eigenvalue weighted by Crippen LogP contribution is 2.22. The van der Waals surface area contributed by atoms with Crippen molar-refractivity contribution in [2.45, 2.75) is 39.3 Å². The molecule has 0 saturated heterocycles. The number of halogens is 1. The van der Waals surface area contributed by atoms with Crippen LogP contribution in [0.1, 0.15) is 32.3 Å². The minimum Gasteiger partial charge on any atom is -0.315 e.